The second-order valence-corrected chi connectivity index (χ2v) is 12.9. The first kappa shape index (κ1) is 32.7. The summed E-state index contributed by atoms with van der Waals surface area (Å²) in [4.78, 5) is 51.8. The maximum Gasteiger partial charge on any atom is 0.414 e. The van der Waals surface area contributed by atoms with Gasteiger partial charge in [0.2, 0.25) is 5.91 Å². The van der Waals surface area contributed by atoms with E-state index in [4.69, 9.17) is 0 Å². The van der Waals surface area contributed by atoms with Gasteiger partial charge in [-0.05, 0) is 45.9 Å². The van der Waals surface area contributed by atoms with Crippen LogP contribution in [-0.4, -0.2) is 90.2 Å². The average Bonchev–Trinajstić information content (AvgIpc) is 3.49. The molecule has 1 unspecified atom stereocenters. The summed E-state index contributed by atoms with van der Waals surface area (Å²) in [7, 11) is 3.72. The highest BCUT2D eigenvalue weighted by atomic mass is 32.1. The van der Waals surface area contributed by atoms with E-state index in [9.17, 15) is 27.6 Å². The van der Waals surface area contributed by atoms with Gasteiger partial charge in [-0.1, -0.05) is 19.3 Å². The number of dihydropyridines is 1. The first-order valence-corrected chi connectivity index (χ1v) is 15.8. The average molecular weight is 649 g/mol. The number of piperazine rings is 1. The summed E-state index contributed by atoms with van der Waals surface area (Å²) in [6, 6.07) is 2.81. The Kier molecular flexibility index (Phi) is 9.45. The molecule has 5 rings (SSSR count). The number of nitrogens with one attached hydrogen (secondary N) is 1. The molecule has 242 valence electrons. The van der Waals surface area contributed by atoms with E-state index in [0.29, 0.717) is 31.1 Å². The van der Waals surface area contributed by atoms with E-state index >= 15 is 4.39 Å². The zero-order valence-corrected chi connectivity index (χ0v) is 26.3. The van der Waals surface area contributed by atoms with Crippen molar-refractivity contribution >= 4 is 46.6 Å². The lowest BCUT2D eigenvalue weighted by Crippen LogP contribution is -2.55. The van der Waals surface area contributed by atoms with Gasteiger partial charge in [0.25, 0.3) is 11.8 Å². The van der Waals surface area contributed by atoms with Gasteiger partial charge in [-0.2, -0.15) is 13.2 Å². The topological polar surface area (TPSA) is 98.2 Å². The van der Waals surface area contributed by atoms with Crippen molar-refractivity contribution in [2.75, 3.05) is 37.4 Å². The number of nitrogens with zero attached hydrogens (tertiary/aromatic N) is 5. The van der Waals surface area contributed by atoms with Crippen LogP contribution in [0.1, 0.15) is 55.8 Å². The second kappa shape index (κ2) is 13.0. The summed E-state index contributed by atoms with van der Waals surface area (Å²) < 4.78 is 57.2. The molecule has 2 fully saturated rings. The van der Waals surface area contributed by atoms with Gasteiger partial charge in [-0.15, -0.1) is 11.3 Å². The quantitative estimate of drug-likeness (QED) is 0.414. The molecule has 3 amide bonds. The third-order valence-electron chi connectivity index (χ3n) is 9.02. The minimum absolute atomic E-state index is 0.0148. The summed E-state index contributed by atoms with van der Waals surface area (Å²) in [5.41, 5.74) is -0.816. The van der Waals surface area contributed by atoms with Crippen LogP contribution in [-0.2, 0) is 9.59 Å². The van der Waals surface area contributed by atoms with Crippen molar-refractivity contribution in [1.82, 2.24) is 14.8 Å². The number of aromatic nitrogens is 1. The van der Waals surface area contributed by atoms with Crippen molar-refractivity contribution in [3.63, 3.8) is 0 Å². The van der Waals surface area contributed by atoms with Crippen LogP contribution in [0.5, 0.6) is 0 Å². The predicted molar refractivity (Wildman–Crippen MR) is 165 cm³/mol. The maximum absolute atomic E-state index is 15.9. The Balaban J connectivity index is 1.50. The van der Waals surface area contributed by atoms with Crippen molar-refractivity contribution in [3.8, 4) is 11.3 Å². The lowest BCUT2D eigenvalue weighted by molar-refractivity contribution is -0.124. The van der Waals surface area contributed by atoms with Crippen LogP contribution in [0.25, 0.3) is 11.3 Å². The van der Waals surface area contributed by atoms with Gasteiger partial charge in [0.05, 0.1) is 22.6 Å². The molecule has 3 aliphatic rings. The van der Waals surface area contributed by atoms with E-state index < -0.39 is 35.3 Å². The molecule has 1 aliphatic carbocycles. The molecule has 9 nitrogen and oxygen atoms in total. The number of hydrogen-bond acceptors (Lipinski definition) is 7. The predicted octanol–water partition coefficient (Wildman–Crippen LogP) is 5.54. The Morgan fingerprint density at radius 1 is 1.09 bits per heavy atom. The third-order valence-corrected chi connectivity index (χ3v) is 9.85. The monoisotopic (exact) mass is 648 g/mol. The van der Waals surface area contributed by atoms with Crippen LogP contribution in [0.4, 0.5) is 28.9 Å². The molecule has 1 saturated carbocycles. The maximum atomic E-state index is 15.9. The van der Waals surface area contributed by atoms with E-state index in [-0.39, 0.29) is 46.0 Å². The van der Waals surface area contributed by atoms with Gasteiger partial charge in [-0.25, -0.2) is 14.4 Å². The zero-order chi connectivity index (χ0) is 32.6. The number of alkyl halides is 3. The van der Waals surface area contributed by atoms with Crippen LogP contribution in [0, 0.1) is 11.7 Å². The van der Waals surface area contributed by atoms with Gasteiger partial charge in [0, 0.05) is 61.5 Å². The number of hydrogen-bond donors (Lipinski definition) is 1. The number of halogens is 4. The van der Waals surface area contributed by atoms with Crippen LogP contribution >= 0.6 is 11.3 Å². The number of likely N-dealkylation sites (N-methyl/N-ethyl adjacent to an activating group) is 1. The Labute approximate surface area is 263 Å². The fraction of sp³-hybridized carbons (Fsp3) is 0.516. The molecule has 45 heavy (non-hydrogen) atoms. The van der Waals surface area contributed by atoms with E-state index in [1.54, 1.807) is 17.3 Å². The molecule has 3 atom stereocenters. The Bertz CT molecular complexity index is 1520. The Hall–Kier alpha value is -3.65. The number of anilines is 2. The van der Waals surface area contributed by atoms with Crippen molar-refractivity contribution in [2.45, 2.75) is 70.3 Å². The molecule has 0 bridgehead atoms. The van der Waals surface area contributed by atoms with E-state index in [0.717, 1.165) is 43.4 Å². The van der Waals surface area contributed by atoms with Crippen molar-refractivity contribution in [3.05, 3.63) is 40.0 Å². The van der Waals surface area contributed by atoms with Crippen molar-refractivity contribution in [2.24, 2.45) is 10.9 Å². The number of carbonyl (C=O) groups excluding carboxylic acids is 3. The van der Waals surface area contributed by atoms with Crippen LogP contribution in [0.15, 0.2) is 34.2 Å². The van der Waals surface area contributed by atoms with Crippen molar-refractivity contribution < 1.29 is 31.9 Å². The molecule has 1 aromatic heterocycles. The van der Waals surface area contributed by atoms with E-state index in [2.05, 4.69) is 20.2 Å². The molecule has 14 heteroatoms. The first-order chi connectivity index (χ1) is 21.2. The molecule has 3 heterocycles. The van der Waals surface area contributed by atoms with Crippen LogP contribution in [0.2, 0.25) is 0 Å². The number of benzene rings is 1. The smallest absolute Gasteiger partial charge is 0.367 e. The van der Waals surface area contributed by atoms with Gasteiger partial charge in [0.1, 0.15) is 11.7 Å². The third kappa shape index (κ3) is 6.96. The summed E-state index contributed by atoms with van der Waals surface area (Å²) in [6.45, 7) is 4.94. The Morgan fingerprint density at radius 3 is 2.40 bits per heavy atom. The molecule has 0 spiro atoms. The van der Waals surface area contributed by atoms with Gasteiger partial charge >= 0.3 is 6.18 Å². The van der Waals surface area contributed by atoms with Gasteiger partial charge in [0.15, 0.2) is 5.01 Å². The summed E-state index contributed by atoms with van der Waals surface area (Å²) in [6.07, 6.45) is 1.09. The van der Waals surface area contributed by atoms with Crippen molar-refractivity contribution in [1.29, 1.82) is 0 Å². The second-order valence-electron chi connectivity index (χ2n) is 12.0. The largest absolute Gasteiger partial charge is 0.414 e. The van der Waals surface area contributed by atoms with Gasteiger partial charge in [-0.3, -0.25) is 19.3 Å². The number of rotatable bonds is 6. The van der Waals surface area contributed by atoms with E-state index in [1.807, 2.05) is 25.8 Å². The number of aliphatic imine (C=N–C) groups is 1. The summed E-state index contributed by atoms with van der Waals surface area (Å²) in [5, 5.41) is 4.30. The molecule has 2 aromatic rings. The normalized spacial score (nSPS) is 23.2. The van der Waals surface area contributed by atoms with Gasteiger partial charge < -0.3 is 15.1 Å². The fourth-order valence-electron chi connectivity index (χ4n) is 6.17. The highest BCUT2D eigenvalue weighted by Gasteiger charge is 2.43. The minimum Gasteiger partial charge on any atom is -0.367 e. The highest BCUT2D eigenvalue weighted by Crippen LogP contribution is 2.38. The highest BCUT2D eigenvalue weighted by molar-refractivity contribution is 7.12. The number of amides is 3. The number of thiazole rings is 1. The fourth-order valence-corrected chi connectivity index (χ4v) is 6.97. The minimum atomic E-state index is -4.95. The molecule has 1 N–H and O–H groups in total. The molecular formula is C31H36F4N6O3S. The lowest BCUT2D eigenvalue weighted by atomic mass is 9.94. The molecule has 1 aromatic carbocycles. The van der Waals surface area contributed by atoms with Crippen LogP contribution in [0.3, 0.4) is 0 Å². The standard InChI is InChI=1S/C31H36F4N6O3S/c1-17-14-41(15-18(2)39(17)3)26-12-23(32)20(25-16-45-29(38-25)30(44)40(4)19-8-6-5-7-9-19)10-24(26)37-28(43)21-13-36-27(42)11-22(21)31(33,34)35/h10-13,16-19,21H,5-9,14-15H2,1-4H3,(H,37,43)/t17-,18+,21?. The molecule has 2 aliphatic heterocycles. The SMILES string of the molecule is C[C@@H]1CN(c2cc(F)c(-c3csc(C(=O)N(C)C4CCCCC4)n3)cc2NC(=O)C2C=NC(=O)C=C2C(F)(F)F)C[C@H](C)N1C. The molecule has 1 saturated heterocycles. The molecule has 0 radical (unpaired) electrons. The summed E-state index contributed by atoms with van der Waals surface area (Å²) >= 11 is 1.08. The lowest BCUT2D eigenvalue weighted by Gasteiger charge is -2.44. The first-order valence-electron chi connectivity index (χ1n) is 15.0. The van der Waals surface area contributed by atoms with E-state index in [1.165, 1.54) is 12.1 Å². The van der Waals surface area contributed by atoms with Crippen LogP contribution < -0.4 is 10.2 Å². The Morgan fingerprint density at radius 2 is 1.76 bits per heavy atom. The summed E-state index contributed by atoms with van der Waals surface area (Å²) in [5.74, 6) is -4.99. The molecular weight excluding hydrogens is 612 g/mol. The number of carbonyl (C=O) groups is 3. The zero-order valence-electron chi connectivity index (χ0n) is 25.5.